The number of hydrogen-bond donors (Lipinski definition) is 2. The van der Waals surface area contributed by atoms with Crippen molar-refractivity contribution in [2.75, 3.05) is 0 Å². The fourth-order valence-electron chi connectivity index (χ4n) is 1.64. The van der Waals surface area contributed by atoms with Crippen LogP contribution in [0.5, 0.6) is 11.8 Å². The van der Waals surface area contributed by atoms with Gasteiger partial charge in [-0.15, -0.1) is 0 Å². The number of aromatic nitrogens is 3. The number of aromatic hydroxyl groups is 2. The van der Waals surface area contributed by atoms with Crippen LogP contribution in [0.3, 0.4) is 0 Å². The minimum Gasteiger partial charge on any atom is -0.489 e. The molecule has 0 aliphatic heterocycles. The van der Waals surface area contributed by atoms with Gasteiger partial charge in [0.15, 0.2) is 0 Å². The van der Waals surface area contributed by atoms with Crippen molar-refractivity contribution in [3.05, 3.63) is 30.5 Å². The number of benzene rings is 1. The zero-order valence-corrected chi connectivity index (χ0v) is 8.12. The van der Waals surface area contributed by atoms with Crippen molar-refractivity contribution in [1.82, 2.24) is 15.0 Å². The second kappa shape index (κ2) is 3.03. The summed E-state index contributed by atoms with van der Waals surface area (Å²) in [5.41, 5.74) is 1.64. The summed E-state index contributed by atoms with van der Waals surface area (Å²) in [6, 6.07) is 7.29. The fourth-order valence-corrected chi connectivity index (χ4v) is 1.64. The van der Waals surface area contributed by atoms with Crippen LogP contribution >= 0.6 is 0 Å². The summed E-state index contributed by atoms with van der Waals surface area (Å²) in [6.45, 7) is 0. The summed E-state index contributed by atoms with van der Waals surface area (Å²) in [4.78, 5) is 11.9. The van der Waals surface area contributed by atoms with Crippen molar-refractivity contribution >= 4 is 21.9 Å². The molecule has 0 spiro atoms. The molecule has 0 aliphatic carbocycles. The van der Waals surface area contributed by atoms with Crippen LogP contribution in [0.15, 0.2) is 30.5 Å². The quantitative estimate of drug-likeness (QED) is 0.554. The summed E-state index contributed by atoms with van der Waals surface area (Å²) in [5.74, 6) is -0.951. The van der Waals surface area contributed by atoms with Crippen LogP contribution < -0.4 is 0 Å². The van der Waals surface area contributed by atoms with Gasteiger partial charge < -0.3 is 10.2 Å². The molecule has 3 rings (SSSR count). The van der Waals surface area contributed by atoms with Crippen molar-refractivity contribution < 1.29 is 10.2 Å². The average Bonchev–Trinajstić information content (AvgIpc) is 2.31. The molecule has 0 radical (unpaired) electrons. The van der Waals surface area contributed by atoms with Crippen LogP contribution in [0.2, 0.25) is 0 Å². The molecular formula is C11H7N3O2. The third-order valence-corrected chi connectivity index (χ3v) is 2.37. The molecule has 0 amide bonds. The Morgan fingerprint density at radius 2 is 1.69 bits per heavy atom. The summed E-state index contributed by atoms with van der Waals surface area (Å²) < 4.78 is 0. The van der Waals surface area contributed by atoms with Crippen molar-refractivity contribution in [1.29, 1.82) is 0 Å². The highest BCUT2D eigenvalue weighted by Crippen LogP contribution is 2.26. The first kappa shape index (κ1) is 8.84. The number of nitrogens with zero attached hydrogens (tertiary/aromatic N) is 3. The third kappa shape index (κ3) is 1.15. The van der Waals surface area contributed by atoms with E-state index < -0.39 is 11.8 Å². The van der Waals surface area contributed by atoms with E-state index in [1.807, 2.05) is 18.2 Å². The number of hydrogen-bond acceptors (Lipinski definition) is 5. The Bertz CT molecular complexity index is 697. The Labute approximate surface area is 90.0 Å². The predicted molar refractivity (Wildman–Crippen MR) is 58.2 cm³/mol. The highest BCUT2D eigenvalue weighted by molar-refractivity contribution is 6.01. The summed E-state index contributed by atoms with van der Waals surface area (Å²) in [5, 5.41) is 19.5. The monoisotopic (exact) mass is 213 g/mol. The van der Waals surface area contributed by atoms with E-state index in [9.17, 15) is 10.2 Å². The van der Waals surface area contributed by atoms with Gasteiger partial charge in [-0.25, -0.2) is 9.97 Å². The fraction of sp³-hybridized carbons (Fsp3) is 0. The third-order valence-electron chi connectivity index (χ3n) is 2.37. The van der Waals surface area contributed by atoms with Gasteiger partial charge in [0.1, 0.15) is 5.52 Å². The predicted octanol–water partition coefficient (Wildman–Crippen LogP) is 1.59. The SMILES string of the molecule is Oc1nc2ccc3cccnc3c2nc1O. The van der Waals surface area contributed by atoms with Crippen LogP contribution in [-0.4, -0.2) is 25.2 Å². The molecule has 0 unspecified atom stereocenters. The van der Waals surface area contributed by atoms with E-state index in [0.29, 0.717) is 16.6 Å². The van der Waals surface area contributed by atoms with Gasteiger partial charge in [-0.2, -0.15) is 0 Å². The molecule has 16 heavy (non-hydrogen) atoms. The maximum absolute atomic E-state index is 9.33. The van der Waals surface area contributed by atoms with Crippen molar-refractivity contribution in [3.8, 4) is 11.8 Å². The minimum absolute atomic E-state index is 0.470. The van der Waals surface area contributed by atoms with Crippen LogP contribution in [0, 0.1) is 0 Å². The number of fused-ring (bicyclic) bond motifs is 3. The molecule has 1 aromatic carbocycles. The van der Waals surface area contributed by atoms with E-state index in [0.717, 1.165) is 5.39 Å². The average molecular weight is 213 g/mol. The van der Waals surface area contributed by atoms with Crippen molar-refractivity contribution in [3.63, 3.8) is 0 Å². The lowest BCUT2D eigenvalue weighted by atomic mass is 10.2. The number of pyridine rings is 1. The molecule has 78 valence electrons. The maximum Gasteiger partial charge on any atom is 0.276 e. The van der Waals surface area contributed by atoms with E-state index in [1.54, 1.807) is 12.3 Å². The molecule has 5 heteroatoms. The summed E-state index contributed by atoms with van der Waals surface area (Å²) in [6.07, 6.45) is 1.65. The van der Waals surface area contributed by atoms with Gasteiger partial charge in [0.2, 0.25) is 0 Å². The van der Waals surface area contributed by atoms with Crippen molar-refractivity contribution in [2.24, 2.45) is 0 Å². The van der Waals surface area contributed by atoms with Crippen molar-refractivity contribution in [2.45, 2.75) is 0 Å². The molecule has 3 aromatic rings. The number of rotatable bonds is 0. The normalized spacial score (nSPS) is 11.0. The van der Waals surface area contributed by atoms with E-state index in [4.69, 9.17) is 0 Å². The summed E-state index contributed by atoms with van der Waals surface area (Å²) in [7, 11) is 0. The second-order valence-electron chi connectivity index (χ2n) is 3.38. The van der Waals surface area contributed by atoms with E-state index in [1.165, 1.54) is 0 Å². The molecule has 2 aromatic heterocycles. The van der Waals surface area contributed by atoms with Crippen LogP contribution in [-0.2, 0) is 0 Å². The van der Waals surface area contributed by atoms with Gasteiger partial charge in [-0.05, 0) is 12.1 Å². The first-order chi connectivity index (χ1) is 7.75. The topological polar surface area (TPSA) is 79.1 Å². The lowest BCUT2D eigenvalue weighted by Crippen LogP contribution is -1.88. The van der Waals surface area contributed by atoms with Gasteiger partial charge in [0.25, 0.3) is 11.8 Å². The minimum atomic E-state index is -0.481. The van der Waals surface area contributed by atoms with Crippen LogP contribution in [0.1, 0.15) is 0 Å². The molecule has 0 saturated carbocycles. The molecule has 2 N–H and O–H groups in total. The maximum atomic E-state index is 9.33. The lowest BCUT2D eigenvalue weighted by molar-refractivity contribution is 0.378. The standard InChI is InChI=1S/C11H7N3O2/c15-10-11(16)14-9-7(13-10)4-3-6-2-1-5-12-8(6)9/h1-5H,(H,13,15)(H,14,16). The first-order valence-electron chi connectivity index (χ1n) is 4.69. The molecule has 0 fully saturated rings. The Kier molecular flexibility index (Phi) is 1.67. The zero-order valence-electron chi connectivity index (χ0n) is 8.12. The van der Waals surface area contributed by atoms with Crippen LogP contribution in [0.25, 0.3) is 21.9 Å². The molecule has 0 bridgehead atoms. The second-order valence-corrected chi connectivity index (χ2v) is 3.38. The van der Waals surface area contributed by atoms with E-state index in [-0.39, 0.29) is 0 Å². The van der Waals surface area contributed by atoms with Crippen LogP contribution in [0.4, 0.5) is 0 Å². The molecule has 0 aliphatic rings. The van der Waals surface area contributed by atoms with Gasteiger partial charge >= 0.3 is 0 Å². The Balaban J connectivity index is 2.55. The smallest absolute Gasteiger partial charge is 0.276 e. The van der Waals surface area contributed by atoms with E-state index >= 15 is 0 Å². The molecule has 5 nitrogen and oxygen atoms in total. The zero-order chi connectivity index (χ0) is 11.1. The lowest BCUT2D eigenvalue weighted by Gasteiger charge is -2.02. The first-order valence-corrected chi connectivity index (χ1v) is 4.69. The van der Waals surface area contributed by atoms with Gasteiger partial charge in [0.05, 0.1) is 11.0 Å². The molecular weight excluding hydrogens is 206 g/mol. The molecule has 2 heterocycles. The highest BCUT2D eigenvalue weighted by Gasteiger charge is 2.09. The van der Waals surface area contributed by atoms with Gasteiger partial charge in [0, 0.05) is 11.6 Å². The molecule has 0 atom stereocenters. The summed E-state index contributed by atoms with van der Waals surface area (Å²) >= 11 is 0. The Morgan fingerprint density at radius 3 is 2.56 bits per heavy atom. The van der Waals surface area contributed by atoms with Gasteiger partial charge in [-0.1, -0.05) is 12.1 Å². The Hall–Kier alpha value is -2.43. The Morgan fingerprint density at radius 1 is 0.875 bits per heavy atom. The van der Waals surface area contributed by atoms with Gasteiger partial charge in [-0.3, -0.25) is 4.98 Å². The highest BCUT2D eigenvalue weighted by atomic mass is 16.3. The molecule has 0 saturated heterocycles. The van der Waals surface area contributed by atoms with E-state index in [2.05, 4.69) is 15.0 Å². The largest absolute Gasteiger partial charge is 0.489 e.